The van der Waals surface area contributed by atoms with E-state index in [1.807, 2.05) is 31.2 Å². The molecule has 1 saturated heterocycles. The van der Waals surface area contributed by atoms with Crippen LogP contribution in [-0.2, 0) is 16.1 Å². The van der Waals surface area contributed by atoms with Gasteiger partial charge in [0, 0.05) is 12.2 Å². The number of anilines is 1. The monoisotopic (exact) mass is 315 g/mol. The lowest BCUT2D eigenvalue weighted by molar-refractivity contribution is -0.142. The zero-order valence-electron chi connectivity index (χ0n) is 13.8. The average molecular weight is 315 g/mol. The van der Waals surface area contributed by atoms with Crippen LogP contribution in [0.15, 0.2) is 24.3 Å². The Morgan fingerprint density at radius 3 is 2.87 bits per heavy atom. The van der Waals surface area contributed by atoms with Gasteiger partial charge in [-0.25, -0.2) is 0 Å². The van der Waals surface area contributed by atoms with Crippen molar-refractivity contribution in [1.82, 2.24) is 10.2 Å². The summed E-state index contributed by atoms with van der Waals surface area (Å²) in [6.45, 7) is 5.47. The summed E-state index contributed by atoms with van der Waals surface area (Å²) in [7, 11) is 0. The first kappa shape index (κ1) is 16.0. The predicted octanol–water partition coefficient (Wildman–Crippen LogP) is 2.13. The highest BCUT2D eigenvalue weighted by atomic mass is 16.2. The first-order valence-electron chi connectivity index (χ1n) is 8.54. The molecule has 5 nitrogen and oxygen atoms in total. The maximum atomic E-state index is 13.0. The molecule has 0 aromatic heterocycles. The topological polar surface area (TPSA) is 61.4 Å². The van der Waals surface area contributed by atoms with Crippen LogP contribution in [0.5, 0.6) is 0 Å². The van der Waals surface area contributed by atoms with Gasteiger partial charge in [0.1, 0.15) is 6.04 Å². The van der Waals surface area contributed by atoms with Crippen LogP contribution in [-0.4, -0.2) is 35.3 Å². The Labute approximate surface area is 137 Å². The molecule has 1 aromatic rings. The third-order valence-corrected chi connectivity index (χ3v) is 5.04. The smallest absolute Gasteiger partial charge is 0.247 e. The van der Waals surface area contributed by atoms with E-state index in [0.717, 1.165) is 37.1 Å². The minimum Gasteiger partial charge on any atom is -0.325 e. The Bertz CT molecular complexity index is 596. The van der Waals surface area contributed by atoms with Gasteiger partial charge in [-0.15, -0.1) is 0 Å². The van der Waals surface area contributed by atoms with E-state index in [4.69, 9.17) is 0 Å². The summed E-state index contributed by atoms with van der Waals surface area (Å²) in [5.41, 5.74) is 1.82. The van der Waals surface area contributed by atoms with Gasteiger partial charge in [-0.2, -0.15) is 0 Å². The molecule has 124 valence electrons. The normalized spacial score (nSPS) is 25.5. The molecule has 2 unspecified atom stereocenters. The number of nitrogens with zero attached hydrogens (tertiary/aromatic N) is 1. The van der Waals surface area contributed by atoms with Crippen LogP contribution in [0.25, 0.3) is 0 Å². The zero-order chi connectivity index (χ0) is 16.4. The Hall–Kier alpha value is -1.88. The summed E-state index contributed by atoms with van der Waals surface area (Å²) in [4.78, 5) is 27.6. The predicted molar refractivity (Wildman–Crippen MR) is 89.9 cm³/mol. The van der Waals surface area contributed by atoms with Crippen molar-refractivity contribution in [3.63, 3.8) is 0 Å². The summed E-state index contributed by atoms with van der Waals surface area (Å²) < 4.78 is 0. The lowest BCUT2D eigenvalue weighted by Crippen LogP contribution is -2.53. The lowest BCUT2D eigenvalue weighted by atomic mass is 9.96. The number of carbonyl (C=O) groups excluding carboxylic acids is 2. The highest BCUT2D eigenvalue weighted by Crippen LogP contribution is 2.28. The maximum absolute atomic E-state index is 13.0. The molecule has 2 aliphatic heterocycles. The van der Waals surface area contributed by atoms with Crippen LogP contribution >= 0.6 is 0 Å². The van der Waals surface area contributed by atoms with E-state index >= 15 is 0 Å². The van der Waals surface area contributed by atoms with Crippen molar-refractivity contribution in [2.75, 3.05) is 11.9 Å². The first-order chi connectivity index (χ1) is 11.1. The fourth-order valence-corrected chi connectivity index (χ4v) is 3.51. The molecule has 3 atom stereocenters. The second kappa shape index (κ2) is 6.71. The minimum absolute atomic E-state index is 0.0552. The molecule has 2 heterocycles. The molecule has 0 bridgehead atoms. The molecule has 0 spiro atoms. The molecule has 1 fully saturated rings. The Morgan fingerprint density at radius 1 is 1.39 bits per heavy atom. The molecule has 2 aliphatic rings. The Balaban J connectivity index is 1.96. The van der Waals surface area contributed by atoms with Crippen molar-refractivity contribution in [2.45, 2.75) is 51.7 Å². The van der Waals surface area contributed by atoms with Crippen molar-refractivity contribution >= 4 is 17.5 Å². The fraction of sp³-hybridized carbons (Fsp3) is 0.556. The lowest BCUT2D eigenvalue weighted by Gasteiger charge is -2.34. The number of hydrogen-bond acceptors (Lipinski definition) is 3. The second-order valence-electron chi connectivity index (χ2n) is 6.59. The summed E-state index contributed by atoms with van der Waals surface area (Å²) in [6, 6.07) is 7.18. The number of para-hydroxylation sites is 1. The number of fused-ring (bicyclic) bond motifs is 1. The van der Waals surface area contributed by atoms with Gasteiger partial charge in [-0.1, -0.05) is 38.5 Å². The van der Waals surface area contributed by atoms with E-state index in [0.29, 0.717) is 6.54 Å². The Morgan fingerprint density at radius 2 is 2.17 bits per heavy atom. The number of amides is 2. The van der Waals surface area contributed by atoms with Crippen LogP contribution in [0, 0.1) is 5.92 Å². The third kappa shape index (κ3) is 3.11. The summed E-state index contributed by atoms with van der Waals surface area (Å²) >= 11 is 0. The molecular weight excluding hydrogens is 290 g/mol. The average Bonchev–Trinajstić information content (AvgIpc) is 3.04. The standard InChI is InChI=1S/C18H25N3O2/c1-3-12(2)16-17(22)20-14-8-5-4-7-13(14)11-21(16)18(23)15-9-6-10-19-15/h4-5,7-8,12,15-16,19H,3,6,9-11H2,1-2H3,(H,20,22)/t12?,15-,16?/m0/s1. The van der Waals surface area contributed by atoms with Gasteiger partial charge in [0.2, 0.25) is 11.8 Å². The van der Waals surface area contributed by atoms with Gasteiger partial charge in [-0.05, 0) is 36.9 Å². The summed E-state index contributed by atoms with van der Waals surface area (Å²) in [5.74, 6) is 0.102. The SMILES string of the molecule is CCC(C)C1C(=O)Nc2ccccc2CN1C(=O)[C@@H]1CCCN1. The van der Waals surface area contributed by atoms with Crippen molar-refractivity contribution in [3.8, 4) is 0 Å². The van der Waals surface area contributed by atoms with Crippen molar-refractivity contribution in [3.05, 3.63) is 29.8 Å². The highest BCUT2D eigenvalue weighted by molar-refractivity contribution is 5.99. The number of hydrogen-bond donors (Lipinski definition) is 2. The van der Waals surface area contributed by atoms with Crippen LogP contribution in [0.4, 0.5) is 5.69 Å². The highest BCUT2D eigenvalue weighted by Gasteiger charge is 2.39. The van der Waals surface area contributed by atoms with Gasteiger partial charge in [0.05, 0.1) is 6.04 Å². The molecule has 0 aliphatic carbocycles. The van der Waals surface area contributed by atoms with Crippen LogP contribution in [0.1, 0.15) is 38.7 Å². The molecular formula is C18H25N3O2. The van der Waals surface area contributed by atoms with Gasteiger partial charge in [0.25, 0.3) is 0 Å². The van der Waals surface area contributed by atoms with Crippen molar-refractivity contribution in [2.24, 2.45) is 5.92 Å². The summed E-state index contributed by atoms with van der Waals surface area (Å²) in [6.07, 6.45) is 2.73. The zero-order valence-corrected chi connectivity index (χ0v) is 13.8. The van der Waals surface area contributed by atoms with E-state index in [-0.39, 0.29) is 23.8 Å². The molecule has 23 heavy (non-hydrogen) atoms. The largest absolute Gasteiger partial charge is 0.325 e. The summed E-state index contributed by atoms with van der Waals surface area (Å²) in [5, 5.41) is 6.28. The number of carbonyl (C=O) groups is 2. The fourth-order valence-electron chi connectivity index (χ4n) is 3.51. The number of nitrogens with one attached hydrogen (secondary N) is 2. The quantitative estimate of drug-likeness (QED) is 0.898. The van der Waals surface area contributed by atoms with Crippen molar-refractivity contribution in [1.29, 1.82) is 0 Å². The van der Waals surface area contributed by atoms with Crippen LogP contribution in [0.3, 0.4) is 0 Å². The van der Waals surface area contributed by atoms with Crippen LogP contribution in [0.2, 0.25) is 0 Å². The number of benzene rings is 1. The van der Waals surface area contributed by atoms with E-state index in [2.05, 4.69) is 17.6 Å². The van der Waals surface area contributed by atoms with E-state index in [1.54, 1.807) is 4.90 Å². The molecule has 0 radical (unpaired) electrons. The molecule has 1 aromatic carbocycles. The molecule has 3 rings (SSSR count). The molecule has 5 heteroatoms. The number of rotatable bonds is 3. The van der Waals surface area contributed by atoms with Gasteiger partial charge in [-0.3, -0.25) is 9.59 Å². The Kier molecular flexibility index (Phi) is 4.66. The molecule has 0 saturated carbocycles. The molecule has 2 amide bonds. The molecule has 2 N–H and O–H groups in total. The van der Waals surface area contributed by atoms with E-state index < -0.39 is 6.04 Å². The van der Waals surface area contributed by atoms with Gasteiger partial charge in [0.15, 0.2) is 0 Å². The van der Waals surface area contributed by atoms with E-state index in [1.165, 1.54) is 0 Å². The van der Waals surface area contributed by atoms with Gasteiger partial charge >= 0.3 is 0 Å². The first-order valence-corrected chi connectivity index (χ1v) is 8.54. The van der Waals surface area contributed by atoms with Gasteiger partial charge < -0.3 is 15.5 Å². The second-order valence-corrected chi connectivity index (χ2v) is 6.59. The third-order valence-electron chi connectivity index (χ3n) is 5.04. The minimum atomic E-state index is -0.415. The van der Waals surface area contributed by atoms with E-state index in [9.17, 15) is 9.59 Å². The van der Waals surface area contributed by atoms with Crippen molar-refractivity contribution < 1.29 is 9.59 Å². The van der Waals surface area contributed by atoms with Crippen LogP contribution < -0.4 is 10.6 Å². The maximum Gasteiger partial charge on any atom is 0.247 e.